The van der Waals surface area contributed by atoms with E-state index in [0.29, 0.717) is 10.7 Å². The van der Waals surface area contributed by atoms with Gasteiger partial charge in [0.05, 0.1) is 30.2 Å². The van der Waals surface area contributed by atoms with Gasteiger partial charge in [-0.25, -0.2) is 4.90 Å². The summed E-state index contributed by atoms with van der Waals surface area (Å²) >= 11 is 5.94. The number of rotatable bonds is 2. The number of fused-ring (bicyclic) bond motifs is 5. The van der Waals surface area contributed by atoms with Crippen LogP contribution in [0.3, 0.4) is 0 Å². The number of carbonyl (C=O) groups excluding carboxylic acids is 2. The average molecular weight is 306 g/mol. The lowest BCUT2D eigenvalue weighted by atomic mass is 9.77. The zero-order valence-electron chi connectivity index (χ0n) is 10.9. The fourth-order valence-corrected chi connectivity index (χ4v) is 3.74. The van der Waals surface area contributed by atoms with Crippen molar-refractivity contribution in [3.63, 3.8) is 0 Å². The van der Waals surface area contributed by atoms with Crippen molar-refractivity contribution >= 4 is 29.1 Å². The van der Waals surface area contributed by atoms with Crippen molar-refractivity contribution < 1.29 is 19.4 Å². The van der Waals surface area contributed by atoms with Crippen LogP contribution in [0.25, 0.3) is 0 Å². The van der Waals surface area contributed by atoms with E-state index in [1.54, 1.807) is 36.4 Å². The van der Waals surface area contributed by atoms with E-state index in [4.69, 9.17) is 16.3 Å². The van der Waals surface area contributed by atoms with Crippen LogP contribution in [0.15, 0.2) is 36.4 Å². The molecule has 6 heteroatoms. The fraction of sp³-hybridized carbons (Fsp3) is 0.333. The third-order valence-electron chi connectivity index (χ3n) is 4.47. The summed E-state index contributed by atoms with van der Waals surface area (Å²) in [7, 11) is 0. The molecule has 4 atom stereocenters. The second kappa shape index (κ2) is 4.16. The average Bonchev–Trinajstić information content (AvgIpc) is 3.10. The molecule has 0 unspecified atom stereocenters. The Kier molecular flexibility index (Phi) is 2.58. The number of benzene rings is 1. The molecule has 0 radical (unpaired) electrons. The van der Waals surface area contributed by atoms with E-state index in [2.05, 4.69) is 0 Å². The molecule has 2 bridgehead atoms. The van der Waals surface area contributed by atoms with Gasteiger partial charge in [-0.3, -0.25) is 9.59 Å². The maximum atomic E-state index is 12.7. The molecule has 2 fully saturated rings. The lowest BCUT2D eigenvalue weighted by molar-refractivity contribution is -0.128. The maximum absolute atomic E-state index is 12.7. The molecule has 0 spiro atoms. The van der Waals surface area contributed by atoms with Crippen LogP contribution < -0.4 is 4.90 Å². The zero-order valence-corrected chi connectivity index (χ0v) is 11.7. The van der Waals surface area contributed by atoms with Crippen LogP contribution in [0.4, 0.5) is 5.69 Å². The van der Waals surface area contributed by atoms with E-state index in [9.17, 15) is 14.7 Å². The molecule has 108 valence electrons. The normalized spacial score (nSPS) is 36.7. The van der Waals surface area contributed by atoms with Gasteiger partial charge in [0, 0.05) is 5.02 Å². The van der Waals surface area contributed by atoms with Crippen LogP contribution >= 0.6 is 11.6 Å². The second-order valence-electron chi connectivity index (χ2n) is 5.55. The van der Waals surface area contributed by atoms with Gasteiger partial charge in [0.25, 0.3) is 0 Å². The number of aliphatic hydroxyl groups excluding tert-OH is 1. The summed E-state index contributed by atoms with van der Waals surface area (Å²) in [5.41, 5.74) is -0.602. The predicted molar refractivity (Wildman–Crippen MR) is 74.8 cm³/mol. The Morgan fingerprint density at radius 1 is 1.33 bits per heavy atom. The SMILES string of the molecule is O=C1[C@@H]2[C@@H]3C=C[C@@](CO)(O3)[C@@H]2C(=O)N1c1cccc(Cl)c1. The van der Waals surface area contributed by atoms with Crippen LogP contribution in [0.1, 0.15) is 0 Å². The van der Waals surface area contributed by atoms with Gasteiger partial charge in [-0.1, -0.05) is 29.8 Å². The van der Waals surface area contributed by atoms with Crippen LogP contribution in [0, 0.1) is 11.8 Å². The van der Waals surface area contributed by atoms with Crippen molar-refractivity contribution in [2.45, 2.75) is 11.7 Å². The molecule has 2 amide bonds. The predicted octanol–water partition coefficient (Wildman–Crippen LogP) is 1.15. The summed E-state index contributed by atoms with van der Waals surface area (Å²) in [5.74, 6) is -1.86. The van der Waals surface area contributed by atoms with Gasteiger partial charge in [0.2, 0.25) is 11.8 Å². The highest BCUT2D eigenvalue weighted by Crippen LogP contribution is 2.52. The Bertz CT molecular complexity index is 688. The Morgan fingerprint density at radius 3 is 2.86 bits per heavy atom. The standard InChI is InChI=1S/C15H12ClNO4/c16-8-2-1-3-9(6-8)17-13(19)11-10-4-5-15(7-18,21-10)12(11)14(17)20/h1-6,10-12,18H,7H2/t10-,11+,12-,15-/m0/s1. The van der Waals surface area contributed by atoms with Gasteiger partial charge in [0.1, 0.15) is 5.60 Å². The van der Waals surface area contributed by atoms with E-state index >= 15 is 0 Å². The van der Waals surface area contributed by atoms with Crippen molar-refractivity contribution in [1.29, 1.82) is 0 Å². The van der Waals surface area contributed by atoms with Crippen molar-refractivity contribution in [3.05, 3.63) is 41.4 Å². The summed E-state index contributed by atoms with van der Waals surface area (Å²) in [6.45, 7) is -0.316. The van der Waals surface area contributed by atoms with E-state index < -0.39 is 23.5 Å². The van der Waals surface area contributed by atoms with Gasteiger partial charge >= 0.3 is 0 Å². The number of hydrogen-bond donors (Lipinski definition) is 1. The summed E-state index contributed by atoms with van der Waals surface area (Å²) in [5, 5.41) is 10.1. The first-order chi connectivity index (χ1) is 10.1. The highest BCUT2D eigenvalue weighted by molar-refractivity contribution is 6.31. The van der Waals surface area contributed by atoms with Crippen LogP contribution in [0.2, 0.25) is 5.02 Å². The Balaban J connectivity index is 1.79. The van der Waals surface area contributed by atoms with Crippen LogP contribution in [-0.4, -0.2) is 35.2 Å². The molecule has 0 saturated carbocycles. The van der Waals surface area contributed by atoms with E-state index in [0.717, 1.165) is 4.90 Å². The monoisotopic (exact) mass is 305 g/mol. The van der Waals surface area contributed by atoms with Crippen molar-refractivity contribution in [2.24, 2.45) is 11.8 Å². The molecule has 4 rings (SSSR count). The van der Waals surface area contributed by atoms with E-state index in [1.165, 1.54) is 0 Å². The molecule has 5 nitrogen and oxygen atoms in total. The van der Waals surface area contributed by atoms with Crippen molar-refractivity contribution in [3.8, 4) is 0 Å². The smallest absolute Gasteiger partial charge is 0.241 e. The molecule has 1 aromatic rings. The highest BCUT2D eigenvalue weighted by Gasteiger charge is 2.67. The molecular weight excluding hydrogens is 294 g/mol. The molecular formula is C15H12ClNO4. The van der Waals surface area contributed by atoms with Gasteiger partial charge in [-0.15, -0.1) is 0 Å². The number of hydrogen-bond acceptors (Lipinski definition) is 4. The third kappa shape index (κ3) is 1.54. The number of carbonyl (C=O) groups is 2. The third-order valence-corrected chi connectivity index (χ3v) is 4.70. The van der Waals surface area contributed by atoms with Gasteiger partial charge in [0.15, 0.2) is 0 Å². The van der Waals surface area contributed by atoms with Gasteiger partial charge < -0.3 is 9.84 Å². The minimum absolute atomic E-state index is 0.294. The summed E-state index contributed by atoms with van der Waals surface area (Å²) < 4.78 is 5.67. The maximum Gasteiger partial charge on any atom is 0.241 e. The Morgan fingerprint density at radius 2 is 2.14 bits per heavy atom. The fourth-order valence-electron chi connectivity index (χ4n) is 3.55. The summed E-state index contributed by atoms with van der Waals surface area (Å²) in [6.07, 6.45) is 3.01. The molecule has 1 N–H and O–H groups in total. The molecule has 1 aromatic carbocycles. The number of ether oxygens (including phenoxy) is 1. The molecule has 3 aliphatic rings. The highest BCUT2D eigenvalue weighted by atomic mass is 35.5. The second-order valence-corrected chi connectivity index (χ2v) is 5.99. The lowest BCUT2D eigenvalue weighted by Gasteiger charge is -2.26. The summed E-state index contributed by atoms with van der Waals surface area (Å²) in [4.78, 5) is 26.5. The largest absolute Gasteiger partial charge is 0.393 e. The lowest BCUT2D eigenvalue weighted by Crippen LogP contribution is -2.43. The first-order valence-corrected chi connectivity index (χ1v) is 7.07. The zero-order chi connectivity index (χ0) is 14.8. The molecule has 21 heavy (non-hydrogen) atoms. The van der Waals surface area contributed by atoms with Gasteiger partial charge in [-0.2, -0.15) is 0 Å². The van der Waals surface area contributed by atoms with E-state index in [-0.39, 0.29) is 18.4 Å². The first-order valence-electron chi connectivity index (χ1n) is 6.69. The molecule has 3 aliphatic heterocycles. The van der Waals surface area contributed by atoms with Crippen molar-refractivity contribution in [2.75, 3.05) is 11.5 Å². The number of anilines is 1. The Hall–Kier alpha value is -1.69. The minimum atomic E-state index is -1.06. The Labute approximate surface area is 125 Å². The van der Waals surface area contributed by atoms with E-state index in [1.807, 2.05) is 0 Å². The topological polar surface area (TPSA) is 66.8 Å². The van der Waals surface area contributed by atoms with Crippen molar-refractivity contribution in [1.82, 2.24) is 0 Å². The number of nitrogens with zero attached hydrogens (tertiary/aromatic N) is 1. The molecule has 0 aliphatic carbocycles. The van der Waals surface area contributed by atoms with Gasteiger partial charge in [-0.05, 0) is 18.2 Å². The van der Waals surface area contributed by atoms with Crippen LogP contribution in [0.5, 0.6) is 0 Å². The first kappa shape index (κ1) is 13.0. The minimum Gasteiger partial charge on any atom is -0.393 e. The quantitative estimate of drug-likeness (QED) is 0.657. The number of amides is 2. The number of halogens is 1. The number of aliphatic hydroxyl groups is 1. The van der Waals surface area contributed by atoms with Crippen LogP contribution in [-0.2, 0) is 14.3 Å². The number of imide groups is 1. The molecule has 0 aromatic heterocycles. The molecule has 2 saturated heterocycles. The molecule has 3 heterocycles. The summed E-state index contributed by atoms with van der Waals surface area (Å²) in [6, 6.07) is 6.63.